The van der Waals surface area contributed by atoms with E-state index in [-0.39, 0.29) is 23.7 Å². The van der Waals surface area contributed by atoms with Crippen molar-refractivity contribution < 1.29 is 14.7 Å². The second-order valence-electron chi connectivity index (χ2n) is 3.94. The molecule has 1 rings (SSSR count). The molecule has 8 heteroatoms. The average molecular weight is 324 g/mol. The third-order valence-corrected chi connectivity index (χ3v) is 5.84. The van der Waals surface area contributed by atoms with E-state index in [9.17, 15) is 14.7 Å². The highest BCUT2D eigenvalue weighted by molar-refractivity contribution is 8.04. The van der Waals surface area contributed by atoms with E-state index in [1.54, 1.807) is 11.8 Å². The fraction of sp³-hybridized carbons (Fsp3) is 0.818. The minimum absolute atomic E-state index is 0.00283. The molecule has 1 heterocycles. The molecule has 0 aromatic rings. The van der Waals surface area contributed by atoms with Crippen LogP contribution >= 0.6 is 35.3 Å². The van der Waals surface area contributed by atoms with Gasteiger partial charge < -0.3 is 15.7 Å². The van der Waals surface area contributed by atoms with Gasteiger partial charge in [-0.2, -0.15) is 23.5 Å². The quantitative estimate of drug-likeness (QED) is 0.620. The second kappa shape index (κ2) is 10.7. The summed E-state index contributed by atoms with van der Waals surface area (Å²) in [7, 11) is 0. The maximum atomic E-state index is 11.5. The van der Waals surface area contributed by atoms with Crippen LogP contribution in [0.5, 0.6) is 0 Å². The van der Waals surface area contributed by atoms with Crippen molar-refractivity contribution in [3.8, 4) is 0 Å². The molecule has 1 atom stereocenters. The fourth-order valence-electron chi connectivity index (χ4n) is 1.36. The Kier molecular flexibility index (Phi) is 9.58. The lowest BCUT2D eigenvalue weighted by Gasteiger charge is -2.13. The Hall–Kier alpha value is -0.0500. The van der Waals surface area contributed by atoms with E-state index in [0.717, 1.165) is 11.5 Å². The van der Waals surface area contributed by atoms with Crippen molar-refractivity contribution in [1.82, 2.24) is 10.6 Å². The van der Waals surface area contributed by atoms with Crippen LogP contribution in [0.4, 0.5) is 0 Å². The maximum absolute atomic E-state index is 11.5. The topological polar surface area (TPSA) is 78.4 Å². The van der Waals surface area contributed by atoms with E-state index in [2.05, 4.69) is 10.6 Å². The summed E-state index contributed by atoms with van der Waals surface area (Å²) in [4.78, 5) is 23.0. The summed E-state index contributed by atoms with van der Waals surface area (Å²) < 4.78 is 0. The molecule has 1 unspecified atom stereocenters. The lowest BCUT2D eigenvalue weighted by atomic mass is 10.5. The van der Waals surface area contributed by atoms with Gasteiger partial charge in [0, 0.05) is 35.6 Å². The predicted molar refractivity (Wildman–Crippen MR) is 84.0 cm³/mol. The molecule has 1 aliphatic heterocycles. The van der Waals surface area contributed by atoms with Crippen LogP contribution in [-0.2, 0) is 9.59 Å². The van der Waals surface area contributed by atoms with Gasteiger partial charge in [0.1, 0.15) is 0 Å². The first kappa shape index (κ1) is 17.0. The summed E-state index contributed by atoms with van der Waals surface area (Å²) >= 11 is 4.65. The maximum Gasteiger partial charge on any atom is 0.230 e. The lowest BCUT2D eigenvalue weighted by molar-refractivity contribution is -0.119. The van der Waals surface area contributed by atoms with Crippen molar-refractivity contribution in [2.24, 2.45) is 0 Å². The third kappa shape index (κ3) is 8.67. The predicted octanol–water partition coefficient (Wildman–Crippen LogP) is -0.207. The van der Waals surface area contributed by atoms with E-state index >= 15 is 0 Å². The molecule has 0 aliphatic carbocycles. The normalized spacial score (nSPS) is 24.8. The Bertz CT molecular complexity index is 292. The zero-order valence-corrected chi connectivity index (χ0v) is 13.2. The molecule has 0 saturated carbocycles. The van der Waals surface area contributed by atoms with Gasteiger partial charge in [-0.3, -0.25) is 9.59 Å². The highest BCUT2D eigenvalue weighted by atomic mass is 32.2. The summed E-state index contributed by atoms with van der Waals surface area (Å²) in [5.41, 5.74) is 0. The molecule has 1 fully saturated rings. The van der Waals surface area contributed by atoms with E-state index in [0.29, 0.717) is 30.3 Å². The number of aliphatic hydroxyl groups is 1. The number of aliphatic hydroxyl groups excluding tert-OH is 1. The van der Waals surface area contributed by atoms with Crippen molar-refractivity contribution in [1.29, 1.82) is 0 Å². The van der Waals surface area contributed by atoms with Gasteiger partial charge in [-0.15, -0.1) is 11.8 Å². The molecule has 0 spiro atoms. The van der Waals surface area contributed by atoms with Gasteiger partial charge >= 0.3 is 0 Å². The smallest absolute Gasteiger partial charge is 0.230 e. The van der Waals surface area contributed by atoms with Crippen LogP contribution < -0.4 is 10.6 Å². The van der Waals surface area contributed by atoms with Crippen LogP contribution in [0.3, 0.4) is 0 Å². The van der Waals surface area contributed by atoms with Crippen LogP contribution in [0.15, 0.2) is 0 Å². The van der Waals surface area contributed by atoms with Gasteiger partial charge in [0.05, 0.1) is 18.1 Å². The second-order valence-corrected chi connectivity index (χ2v) is 7.49. The zero-order chi connectivity index (χ0) is 13.9. The van der Waals surface area contributed by atoms with Gasteiger partial charge in [0.25, 0.3) is 0 Å². The van der Waals surface area contributed by atoms with Crippen molar-refractivity contribution in [3.63, 3.8) is 0 Å². The van der Waals surface area contributed by atoms with Gasteiger partial charge in [-0.25, -0.2) is 0 Å². The van der Waals surface area contributed by atoms with Gasteiger partial charge in [0.2, 0.25) is 11.8 Å². The van der Waals surface area contributed by atoms with Crippen LogP contribution in [0.25, 0.3) is 0 Å². The minimum atomic E-state index is 0.00283. The average Bonchev–Trinajstić information content (AvgIpc) is 2.41. The molecule has 0 radical (unpaired) electrons. The molecule has 0 aromatic carbocycles. The fourth-order valence-corrected chi connectivity index (χ4v) is 4.10. The summed E-state index contributed by atoms with van der Waals surface area (Å²) in [6, 6.07) is 0. The SMILES string of the molecule is O=C1CSCC(CO)SCC(=O)NCCSCCN1. The Balaban J connectivity index is 2.39. The van der Waals surface area contributed by atoms with Crippen LogP contribution in [0.1, 0.15) is 0 Å². The van der Waals surface area contributed by atoms with Crippen molar-refractivity contribution in [2.75, 3.05) is 48.5 Å². The van der Waals surface area contributed by atoms with Crippen LogP contribution in [0, 0.1) is 0 Å². The van der Waals surface area contributed by atoms with Crippen molar-refractivity contribution >= 4 is 47.1 Å². The Morgan fingerprint density at radius 3 is 2.32 bits per heavy atom. The molecule has 1 saturated heterocycles. The number of hydrogen-bond donors (Lipinski definition) is 3. The summed E-state index contributed by atoms with van der Waals surface area (Å²) in [5, 5.41) is 14.9. The molecule has 110 valence electrons. The monoisotopic (exact) mass is 324 g/mol. The van der Waals surface area contributed by atoms with Crippen molar-refractivity contribution in [3.05, 3.63) is 0 Å². The Labute approximate surface area is 126 Å². The van der Waals surface area contributed by atoms with Gasteiger partial charge in [-0.1, -0.05) is 0 Å². The highest BCUT2D eigenvalue weighted by Gasteiger charge is 2.12. The molecule has 3 N–H and O–H groups in total. The number of rotatable bonds is 1. The standard InChI is InChI=1S/C11H20N2O3S3/c14-5-9-6-18-7-10(15)12-1-3-17-4-2-13-11(16)8-19-9/h9,14H,1-8H2,(H,12,15)(H,13,16). The Morgan fingerprint density at radius 2 is 1.68 bits per heavy atom. The first-order valence-electron chi connectivity index (χ1n) is 6.13. The summed E-state index contributed by atoms with van der Waals surface area (Å²) in [6.07, 6.45) is 0. The third-order valence-electron chi connectivity index (χ3n) is 2.33. The number of nitrogens with one attached hydrogen (secondary N) is 2. The van der Waals surface area contributed by atoms with E-state index < -0.39 is 0 Å². The van der Waals surface area contributed by atoms with E-state index in [1.165, 1.54) is 23.5 Å². The number of thioether (sulfide) groups is 3. The zero-order valence-electron chi connectivity index (χ0n) is 10.7. The van der Waals surface area contributed by atoms with Crippen molar-refractivity contribution in [2.45, 2.75) is 5.25 Å². The molecule has 19 heavy (non-hydrogen) atoms. The molecule has 5 nitrogen and oxygen atoms in total. The largest absolute Gasteiger partial charge is 0.395 e. The van der Waals surface area contributed by atoms with E-state index in [4.69, 9.17) is 0 Å². The molecule has 2 amide bonds. The lowest BCUT2D eigenvalue weighted by Crippen LogP contribution is -2.29. The van der Waals surface area contributed by atoms with Gasteiger partial charge in [0.15, 0.2) is 0 Å². The van der Waals surface area contributed by atoms with E-state index in [1.807, 2.05) is 0 Å². The molecule has 0 aromatic heterocycles. The summed E-state index contributed by atoms with van der Waals surface area (Å²) in [6.45, 7) is 1.34. The highest BCUT2D eigenvalue weighted by Crippen LogP contribution is 2.16. The van der Waals surface area contributed by atoms with Gasteiger partial charge in [-0.05, 0) is 0 Å². The first-order chi connectivity index (χ1) is 9.22. The minimum Gasteiger partial charge on any atom is -0.395 e. The molecule has 1 aliphatic rings. The Morgan fingerprint density at radius 1 is 1.05 bits per heavy atom. The number of amides is 2. The van der Waals surface area contributed by atoms with Crippen LogP contribution in [0.2, 0.25) is 0 Å². The van der Waals surface area contributed by atoms with Crippen LogP contribution in [-0.4, -0.2) is 70.6 Å². The molecule has 0 bridgehead atoms. The number of carbonyl (C=O) groups excluding carboxylic acids is 2. The summed E-state index contributed by atoms with van der Waals surface area (Å²) in [5.74, 6) is 3.22. The molecular formula is C11H20N2O3S3. The number of carbonyl (C=O) groups is 2. The number of hydrogen-bond acceptors (Lipinski definition) is 6. The molecular weight excluding hydrogens is 304 g/mol. The first-order valence-corrected chi connectivity index (χ1v) is 9.49.